The standard InChI is InChI=1S/C15H22N4/c1-11-5-3-4-6-15(11,10-17)19-14-8-13(9-16)7-12(2)18-14/h7-8,11H,3-6,10,17H2,1-2H3,(H,18,19). The normalized spacial score (nSPS) is 26.7. The number of nitrogens with one attached hydrogen (secondary N) is 1. The number of anilines is 1. The molecule has 0 saturated heterocycles. The predicted molar refractivity (Wildman–Crippen MR) is 76.7 cm³/mol. The second-order valence-electron chi connectivity index (χ2n) is 5.63. The zero-order chi connectivity index (χ0) is 13.9. The van der Waals surface area contributed by atoms with Gasteiger partial charge in [-0.3, -0.25) is 0 Å². The highest BCUT2D eigenvalue weighted by atomic mass is 15.1. The highest BCUT2D eigenvalue weighted by Crippen LogP contribution is 2.35. The molecular formula is C15H22N4. The molecule has 1 aliphatic carbocycles. The molecule has 1 heterocycles. The lowest BCUT2D eigenvalue weighted by atomic mass is 9.73. The highest BCUT2D eigenvalue weighted by molar-refractivity contribution is 5.46. The molecule has 1 aromatic rings. The van der Waals surface area contributed by atoms with E-state index >= 15 is 0 Å². The molecule has 0 radical (unpaired) electrons. The Morgan fingerprint density at radius 2 is 2.32 bits per heavy atom. The molecule has 19 heavy (non-hydrogen) atoms. The van der Waals surface area contributed by atoms with Gasteiger partial charge in [0.2, 0.25) is 0 Å². The third kappa shape index (κ3) is 2.87. The maximum absolute atomic E-state index is 9.04. The van der Waals surface area contributed by atoms with Crippen LogP contribution in [-0.2, 0) is 0 Å². The fourth-order valence-electron chi connectivity index (χ4n) is 3.01. The van der Waals surface area contributed by atoms with Crippen molar-refractivity contribution in [1.29, 1.82) is 5.26 Å². The van der Waals surface area contributed by atoms with Gasteiger partial charge in [-0.25, -0.2) is 4.98 Å². The smallest absolute Gasteiger partial charge is 0.128 e. The van der Waals surface area contributed by atoms with Crippen LogP contribution in [0.15, 0.2) is 12.1 Å². The summed E-state index contributed by atoms with van der Waals surface area (Å²) in [4.78, 5) is 4.49. The van der Waals surface area contributed by atoms with Crippen molar-refractivity contribution < 1.29 is 0 Å². The average molecular weight is 258 g/mol. The van der Waals surface area contributed by atoms with Crippen LogP contribution in [0, 0.1) is 24.2 Å². The van der Waals surface area contributed by atoms with Crippen molar-refractivity contribution in [3.8, 4) is 6.07 Å². The van der Waals surface area contributed by atoms with Gasteiger partial charge in [-0.05, 0) is 37.8 Å². The van der Waals surface area contributed by atoms with Crippen molar-refractivity contribution in [2.24, 2.45) is 11.7 Å². The van der Waals surface area contributed by atoms with Crippen LogP contribution < -0.4 is 11.1 Å². The number of pyridine rings is 1. The van der Waals surface area contributed by atoms with Gasteiger partial charge in [-0.15, -0.1) is 0 Å². The minimum Gasteiger partial charge on any atom is -0.363 e. The van der Waals surface area contributed by atoms with Crippen LogP contribution in [0.5, 0.6) is 0 Å². The summed E-state index contributed by atoms with van der Waals surface area (Å²) in [7, 11) is 0. The predicted octanol–water partition coefficient (Wildman–Crippen LogP) is 2.58. The lowest BCUT2D eigenvalue weighted by molar-refractivity contribution is 0.235. The lowest BCUT2D eigenvalue weighted by Crippen LogP contribution is -2.52. The van der Waals surface area contributed by atoms with Gasteiger partial charge < -0.3 is 11.1 Å². The van der Waals surface area contributed by atoms with E-state index in [1.165, 1.54) is 19.3 Å². The van der Waals surface area contributed by atoms with E-state index in [1.807, 2.05) is 13.0 Å². The molecule has 102 valence electrons. The zero-order valence-corrected chi connectivity index (χ0v) is 11.7. The first-order valence-electron chi connectivity index (χ1n) is 6.97. The van der Waals surface area contributed by atoms with Crippen molar-refractivity contribution in [2.75, 3.05) is 11.9 Å². The maximum atomic E-state index is 9.04. The summed E-state index contributed by atoms with van der Waals surface area (Å²) in [6, 6.07) is 5.78. The average Bonchev–Trinajstić information content (AvgIpc) is 2.41. The van der Waals surface area contributed by atoms with Gasteiger partial charge in [0.15, 0.2) is 0 Å². The summed E-state index contributed by atoms with van der Waals surface area (Å²) in [5, 5.41) is 12.6. The molecule has 0 aromatic carbocycles. The van der Waals surface area contributed by atoms with Crippen molar-refractivity contribution in [2.45, 2.75) is 45.1 Å². The lowest BCUT2D eigenvalue weighted by Gasteiger charge is -2.43. The van der Waals surface area contributed by atoms with Crippen molar-refractivity contribution >= 4 is 5.82 Å². The second-order valence-corrected chi connectivity index (χ2v) is 5.63. The van der Waals surface area contributed by atoms with Gasteiger partial charge >= 0.3 is 0 Å². The molecule has 0 bridgehead atoms. The fourth-order valence-corrected chi connectivity index (χ4v) is 3.01. The Kier molecular flexibility index (Phi) is 4.06. The molecule has 1 aromatic heterocycles. The van der Waals surface area contributed by atoms with Gasteiger partial charge in [0.05, 0.1) is 17.2 Å². The fraction of sp³-hybridized carbons (Fsp3) is 0.600. The van der Waals surface area contributed by atoms with Crippen molar-refractivity contribution in [3.05, 3.63) is 23.4 Å². The molecule has 2 atom stereocenters. The van der Waals surface area contributed by atoms with Crippen LogP contribution in [0.3, 0.4) is 0 Å². The third-order valence-corrected chi connectivity index (χ3v) is 4.28. The number of rotatable bonds is 3. The van der Waals surface area contributed by atoms with Crippen LogP contribution >= 0.6 is 0 Å². The Labute approximate surface area is 115 Å². The molecule has 4 nitrogen and oxygen atoms in total. The van der Waals surface area contributed by atoms with Crippen LogP contribution in [0.4, 0.5) is 5.82 Å². The summed E-state index contributed by atoms with van der Waals surface area (Å²) in [6.45, 7) is 4.76. The minimum absolute atomic E-state index is 0.0776. The second kappa shape index (κ2) is 5.58. The van der Waals surface area contributed by atoms with E-state index in [0.29, 0.717) is 18.0 Å². The van der Waals surface area contributed by atoms with Crippen LogP contribution in [-0.4, -0.2) is 17.1 Å². The van der Waals surface area contributed by atoms with E-state index in [4.69, 9.17) is 11.0 Å². The SMILES string of the molecule is Cc1cc(C#N)cc(NC2(CN)CCCCC2C)n1. The van der Waals surface area contributed by atoms with Crippen LogP contribution in [0.1, 0.15) is 43.9 Å². The van der Waals surface area contributed by atoms with E-state index in [1.54, 1.807) is 6.07 Å². The van der Waals surface area contributed by atoms with Gasteiger partial charge in [0, 0.05) is 12.2 Å². The summed E-state index contributed by atoms with van der Waals surface area (Å²) in [5.74, 6) is 1.30. The summed E-state index contributed by atoms with van der Waals surface area (Å²) in [6.07, 6.45) is 4.74. The van der Waals surface area contributed by atoms with E-state index < -0.39 is 0 Å². The Hall–Kier alpha value is -1.60. The topological polar surface area (TPSA) is 74.7 Å². The molecule has 1 saturated carbocycles. The van der Waals surface area contributed by atoms with Crippen molar-refractivity contribution in [3.63, 3.8) is 0 Å². The number of nitrogens with two attached hydrogens (primary N) is 1. The molecule has 3 N–H and O–H groups in total. The largest absolute Gasteiger partial charge is 0.363 e. The quantitative estimate of drug-likeness (QED) is 0.873. The van der Waals surface area contributed by atoms with Gasteiger partial charge in [0.1, 0.15) is 5.82 Å². The van der Waals surface area contributed by atoms with Crippen LogP contribution in [0.2, 0.25) is 0 Å². The summed E-state index contributed by atoms with van der Waals surface area (Å²) < 4.78 is 0. The van der Waals surface area contributed by atoms with E-state index in [2.05, 4.69) is 23.3 Å². The molecule has 1 aliphatic rings. The summed E-state index contributed by atoms with van der Waals surface area (Å²) >= 11 is 0. The monoisotopic (exact) mass is 258 g/mol. The first-order valence-corrected chi connectivity index (χ1v) is 6.97. The molecule has 1 fully saturated rings. The minimum atomic E-state index is -0.0776. The number of nitrogens with zero attached hydrogens (tertiary/aromatic N) is 2. The molecular weight excluding hydrogens is 236 g/mol. The molecule has 0 spiro atoms. The molecule has 4 heteroatoms. The number of hydrogen-bond donors (Lipinski definition) is 2. The van der Waals surface area contributed by atoms with E-state index in [-0.39, 0.29) is 5.54 Å². The zero-order valence-electron chi connectivity index (χ0n) is 11.7. The Bertz CT molecular complexity index is 491. The number of nitriles is 1. The molecule has 2 unspecified atom stereocenters. The van der Waals surface area contributed by atoms with Gasteiger partial charge in [-0.2, -0.15) is 5.26 Å². The number of hydrogen-bond acceptors (Lipinski definition) is 4. The van der Waals surface area contributed by atoms with E-state index in [9.17, 15) is 0 Å². The first-order chi connectivity index (χ1) is 9.09. The number of aromatic nitrogens is 1. The number of aryl methyl sites for hydroxylation is 1. The maximum Gasteiger partial charge on any atom is 0.128 e. The molecule has 0 aliphatic heterocycles. The molecule has 2 rings (SSSR count). The van der Waals surface area contributed by atoms with Crippen LogP contribution in [0.25, 0.3) is 0 Å². The highest BCUT2D eigenvalue weighted by Gasteiger charge is 2.37. The van der Waals surface area contributed by atoms with Gasteiger partial charge in [0.25, 0.3) is 0 Å². The van der Waals surface area contributed by atoms with Crippen molar-refractivity contribution in [1.82, 2.24) is 4.98 Å². The third-order valence-electron chi connectivity index (χ3n) is 4.28. The Morgan fingerprint density at radius 3 is 2.95 bits per heavy atom. The Morgan fingerprint density at radius 1 is 1.53 bits per heavy atom. The summed E-state index contributed by atoms with van der Waals surface area (Å²) in [5.41, 5.74) is 7.45. The van der Waals surface area contributed by atoms with E-state index in [0.717, 1.165) is 17.9 Å². The first kappa shape index (κ1) is 13.8. The Balaban J connectivity index is 2.27. The van der Waals surface area contributed by atoms with Gasteiger partial charge in [-0.1, -0.05) is 19.8 Å². The molecule has 0 amide bonds.